The highest BCUT2D eigenvalue weighted by molar-refractivity contribution is 5.66. The Bertz CT molecular complexity index is 715. The maximum Gasteiger partial charge on any atom is 0.316 e. The molecular formula is C19H21N3O2. The lowest BCUT2D eigenvalue weighted by Crippen LogP contribution is -2.53. The second-order valence-corrected chi connectivity index (χ2v) is 6.27. The van der Waals surface area contributed by atoms with Gasteiger partial charge in [0.05, 0.1) is 26.4 Å². The zero-order valence-electron chi connectivity index (χ0n) is 13.8. The Balaban J connectivity index is 1.57. The van der Waals surface area contributed by atoms with E-state index in [0.29, 0.717) is 18.1 Å². The second-order valence-electron chi connectivity index (χ2n) is 6.27. The van der Waals surface area contributed by atoms with E-state index in [0.717, 1.165) is 31.7 Å². The number of morpholine rings is 1. The van der Waals surface area contributed by atoms with Gasteiger partial charge in [-0.25, -0.2) is 9.97 Å². The SMILES string of the molecule is COc1ncc(C2=CC3COCC(C2)N3Cc2ccccc2)cn1. The van der Waals surface area contributed by atoms with Crippen molar-refractivity contribution < 1.29 is 9.47 Å². The summed E-state index contributed by atoms with van der Waals surface area (Å²) in [6, 6.07) is 11.7. The molecule has 3 heterocycles. The van der Waals surface area contributed by atoms with Crippen LogP contribution in [0.5, 0.6) is 6.01 Å². The smallest absolute Gasteiger partial charge is 0.316 e. The summed E-state index contributed by atoms with van der Waals surface area (Å²) >= 11 is 0. The lowest BCUT2D eigenvalue weighted by molar-refractivity contribution is -0.0402. The zero-order valence-corrected chi connectivity index (χ0v) is 13.8. The van der Waals surface area contributed by atoms with Gasteiger partial charge in [-0.2, -0.15) is 0 Å². The molecule has 5 nitrogen and oxygen atoms in total. The fourth-order valence-corrected chi connectivity index (χ4v) is 3.50. The molecule has 0 N–H and O–H groups in total. The minimum absolute atomic E-state index is 0.301. The molecule has 0 radical (unpaired) electrons. The standard InChI is InChI=1S/C19H21N3O2/c1-23-19-20-9-16(10-21-19)15-7-17-12-24-13-18(8-15)22(17)11-14-5-3-2-4-6-14/h2-7,9-10,17-18H,8,11-13H2,1H3. The molecule has 2 bridgehead atoms. The van der Waals surface area contributed by atoms with Crippen LogP contribution in [0.4, 0.5) is 0 Å². The van der Waals surface area contributed by atoms with E-state index in [2.05, 4.69) is 51.3 Å². The summed E-state index contributed by atoms with van der Waals surface area (Å²) in [5.74, 6) is 0. The molecule has 5 heteroatoms. The molecule has 4 rings (SSSR count). The van der Waals surface area contributed by atoms with Crippen molar-refractivity contribution in [1.29, 1.82) is 0 Å². The van der Waals surface area contributed by atoms with E-state index in [-0.39, 0.29) is 0 Å². The third kappa shape index (κ3) is 3.05. The van der Waals surface area contributed by atoms with Crippen molar-refractivity contribution in [2.45, 2.75) is 25.0 Å². The Morgan fingerprint density at radius 3 is 2.67 bits per heavy atom. The van der Waals surface area contributed by atoms with Crippen molar-refractivity contribution in [3.63, 3.8) is 0 Å². The maximum atomic E-state index is 5.79. The van der Waals surface area contributed by atoms with Gasteiger partial charge in [-0.3, -0.25) is 4.90 Å². The highest BCUT2D eigenvalue weighted by atomic mass is 16.5. The van der Waals surface area contributed by atoms with Gasteiger partial charge >= 0.3 is 6.01 Å². The first-order valence-electron chi connectivity index (χ1n) is 8.28. The van der Waals surface area contributed by atoms with Crippen LogP contribution in [0.25, 0.3) is 5.57 Å². The minimum Gasteiger partial charge on any atom is -0.467 e. The van der Waals surface area contributed by atoms with Crippen LogP contribution in [-0.4, -0.2) is 47.3 Å². The molecule has 2 aliphatic rings. The molecule has 24 heavy (non-hydrogen) atoms. The molecule has 1 fully saturated rings. The lowest BCUT2D eigenvalue weighted by atomic mass is 9.90. The van der Waals surface area contributed by atoms with Crippen molar-refractivity contribution >= 4 is 5.57 Å². The molecule has 1 aromatic carbocycles. The highest BCUT2D eigenvalue weighted by Gasteiger charge is 2.34. The number of ether oxygens (including phenoxy) is 2. The number of hydrogen-bond donors (Lipinski definition) is 0. The summed E-state index contributed by atoms with van der Waals surface area (Å²) in [6.45, 7) is 2.48. The van der Waals surface area contributed by atoms with E-state index in [4.69, 9.17) is 9.47 Å². The Morgan fingerprint density at radius 1 is 1.17 bits per heavy atom. The Hall–Kier alpha value is -2.24. The third-order valence-electron chi connectivity index (χ3n) is 4.73. The lowest BCUT2D eigenvalue weighted by Gasteiger charge is -2.44. The number of nitrogens with zero attached hydrogens (tertiary/aromatic N) is 3. The molecule has 1 saturated heterocycles. The monoisotopic (exact) mass is 323 g/mol. The van der Waals surface area contributed by atoms with Crippen LogP contribution in [0.3, 0.4) is 0 Å². The number of fused-ring (bicyclic) bond motifs is 2. The predicted molar refractivity (Wildman–Crippen MR) is 91.6 cm³/mol. The number of benzene rings is 1. The van der Waals surface area contributed by atoms with Gasteiger partial charge < -0.3 is 9.47 Å². The van der Waals surface area contributed by atoms with Gasteiger partial charge in [-0.15, -0.1) is 0 Å². The van der Waals surface area contributed by atoms with Crippen LogP contribution >= 0.6 is 0 Å². The molecule has 2 unspecified atom stereocenters. The van der Waals surface area contributed by atoms with E-state index in [1.165, 1.54) is 11.1 Å². The first-order chi connectivity index (χ1) is 11.8. The fourth-order valence-electron chi connectivity index (χ4n) is 3.50. The first-order valence-corrected chi connectivity index (χ1v) is 8.28. The number of hydrogen-bond acceptors (Lipinski definition) is 5. The van der Waals surface area contributed by atoms with Crippen molar-refractivity contribution in [2.24, 2.45) is 0 Å². The van der Waals surface area contributed by atoms with Gasteiger partial charge in [0.25, 0.3) is 0 Å². The molecule has 2 aromatic rings. The minimum atomic E-state index is 0.301. The predicted octanol–water partition coefficient (Wildman–Crippen LogP) is 2.54. The van der Waals surface area contributed by atoms with Crippen LogP contribution in [0, 0.1) is 0 Å². The average molecular weight is 323 g/mol. The molecule has 0 aliphatic carbocycles. The van der Waals surface area contributed by atoms with Gasteiger partial charge in [0.15, 0.2) is 0 Å². The Labute approximate surface area is 141 Å². The second kappa shape index (κ2) is 6.71. The number of methoxy groups -OCH3 is 1. The van der Waals surface area contributed by atoms with Crippen molar-refractivity contribution in [2.75, 3.05) is 20.3 Å². The van der Waals surface area contributed by atoms with Gasteiger partial charge in [-0.1, -0.05) is 36.4 Å². The topological polar surface area (TPSA) is 47.5 Å². The third-order valence-corrected chi connectivity index (χ3v) is 4.73. The van der Waals surface area contributed by atoms with Crippen LogP contribution < -0.4 is 4.74 Å². The van der Waals surface area contributed by atoms with E-state index in [1.54, 1.807) is 7.11 Å². The summed E-state index contributed by atoms with van der Waals surface area (Å²) < 4.78 is 10.8. The molecule has 0 saturated carbocycles. The zero-order chi connectivity index (χ0) is 16.4. The maximum absolute atomic E-state index is 5.79. The molecule has 124 valence electrons. The molecule has 0 amide bonds. The van der Waals surface area contributed by atoms with Gasteiger partial charge in [0, 0.05) is 30.5 Å². The molecular weight excluding hydrogens is 302 g/mol. The number of aromatic nitrogens is 2. The Morgan fingerprint density at radius 2 is 1.96 bits per heavy atom. The first kappa shape index (κ1) is 15.3. The highest BCUT2D eigenvalue weighted by Crippen LogP contribution is 2.33. The van der Waals surface area contributed by atoms with Crippen molar-refractivity contribution in [3.05, 3.63) is 59.9 Å². The normalized spacial score (nSPS) is 23.6. The molecule has 2 atom stereocenters. The van der Waals surface area contributed by atoms with E-state index in [1.807, 2.05) is 12.4 Å². The van der Waals surface area contributed by atoms with E-state index < -0.39 is 0 Å². The molecule has 2 aliphatic heterocycles. The summed E-state index contributed by atoms with van der Waals surface area (Å²) in [4.78, 5) is 11.0. The summed E-state index contributed by atoms with van der Waals surface area (Å²) in [6.07, 6.45) is 6.96. The van der Waals surface area contributed by atoms with E-state index in [9.17, 15) is 0 Å². The van der Waals surface area contributed by atoms with Gasteiger partial charge in [0.2, 0.25) is 0 Å². The van der Waals surface area contributed by atoms with Crippen molar-refractivity contribution in [3.8, 4) is 6.01 Å². The van der Waals surface area contributed by atoms with Crippen LogP contribution in [0.1, 0.15) is 17.5 Å². The molecule has 0 spiro atoms. The van der Waals surface area contributed by atoms with Gasteiger partial charge in [0.1, 0.15) is 0 Å². The van der Waals surface area contributed by atoms with Crippen LogP contribution in [0.2, 0.25) is 0 Å². The summed E-state index contributed by atoms with van der Waals surface area (Å²) in [5, 5.41) is 0. The Kier molecular flexibility index (Phi) is 4.28. The quantitative estimate of drug-likeness (QED) is 0.865. The number of rotatable bonds is 4. The van der Waals surface area contributed by atoms with Gasteiger partial charge in [-0.05, 0) is 17.6 Å². The van der Waals surface area contributed by atoms with Crippen LogP contribution in [0.15, 0.2) is 48.8 Å². The summed E-state index contributed by atoms with van der Waals surface area (Å²) in [7, 11) is 1.58. The summed E-state index contributed by atoms with van der Waals surface area (Å²) in [5.41, 5.74) is 3.73. The largest absolute Gasteiger partial charge is 0.467 e. The average Bonchev–Trinajstić information content (AvgIpc) is 2.62. The van der Waals surface area contributed by atoms with Crippen LogP contribution in [-0.2, 0) is 11.3 Å². The molecule has 1 aromatic heterocycles. The van der Waals surface area contributed by atoms with Crippen molar-refractivity contribution in [1.82, 2.24) is 14.9 Å². The van der Waals surface area contributed by atoms with E-state index >= 15 is 0 Å². The fraction of sp³-hybridized carbons (Fsp3) is 0.368.